The van der Waals surface area contributed by atoms with E-state index in [1.165, 1.54) is 44.9 Å². The van der Waals surface area contributed by atoms with E-state index in [2.05, 4.69) is 12.4 Å². The summed E-state index contributed by atoms with van der Waals surface area (Å²) in [6, 6.07) is 0. The van der Waals surface area contributed by atoms with Gasteiger partial charge in [-0.3, -0.25) is 0 Å². The minimum atomic E-state index is 0.321. The van der Waals surface area contributed by atoms with Crippen molar-refractivity contribution in [3.63, 3.8) is 0 Å². The molecule has 104 valence electrons. The normalized spacial score (nSPS) is 10.9. The Bertz CT molecular complexity index is 117. The van der Waals surface area contributed by atoms with Gasteiger partial charge in [0, 0.05) is 13.2 Å². The highest BCUT2D eigenvalue weighted by Gasteiger charge is 1.92. The molecule has 0 radical (unpaired) electrons. The maximum absolute atomic E-state index is 8.60. The second-order valence-electron chi connectivity index (χ2n) is 4.65. The lowest BCUT2D eigenvalue weighted by molar-refractivity contribution is 0.0376. The fraction of sp³-hybridized carbons (Fsp3) is 1.00. The first-order valence-corrected chi connectivity index (χ1v) is 7.37. The average molecular weight is 245 g/mol. The standard InChI is InChI=1S/C14H31NO2/c1-2-3-4-5-8-11-14-17-15-12-9-6-7-10-13-16/h15-16H,2-14H2,1H3. The Labute approximate surface area is 107 Å². The van der Waals surface area contributed by atoms with Crippen LogP contribution in [0.25, 0.3) is 0 Å². The quantitative estimate of drug-likeness (QED) is 0.364. The van der Waals surface area contributed by atoms with Crippen molar-refractivity contribution in [1.82, 2.24) is 5.48 Å². The van der Waals surface area contributed by atoms with Crippen LogP contribution in [-0.2, 0) is 4.84 Å². The molecular weight excluding hydrogens is 214 g/mol. The van der Waals surface area contributed by atoms with Crippen molar-refractivity contribution in [1.29, 1.82) is 0 Å². The molecule has 0 aromatic rings. The summed E-state index contributed by atoms with van der Waals surface area (Å²) < 4.78 is 0. The van der Waals surface area contributed by atoms with Gasteiger partial charge in [-0.1, -0.05) is 51.9 Å². The van der Waals surface area contributed by atoms with Crippen molar-refractivity contribution >= 4 is 0 Å². The predicted octanol–water partition coefficient (Wildman–Crippen LogP) is 3.42. The molecule has 0 spiro atoms. The van der Waals surface area contributed by atoms with Crippen molar-refractivity contribution in [2.45, 2.75) is 71.1 Å². The van der Waals surface area contributed by atoms with Crippen molar-refractivity contribution < 1.29 is 9.94 Å². The van der Waals surface area contributed by atoms with Crippen LogP contribution in [0.5, 0.6) is 0 Å². The van der Waals surface area contributed by atoms with Crippen LogP contribution in [0.1, 0.15) is 71.1 Å². The van der Waals surface area contributed by atoms with Gasteiger partial charge in [-0.05, 0) is 19.3 Å². The molecule has 0 aromatic carbocycles. The van der Waals surface area contributed by atoms with Crippen LogP contribution in [0.3, 0.4) is 0 Å². The number of hydroxylamine groups is 1. The molecule has 0 fully saturated rings. The smallest absolute Gasteiger partial charge is 0.0682 e. The Morgan fingerprint density at radius 2 is 1.47 bits per heavy atom. The van der Waals surface area contributed by atoms with Gasteiger partial charge in [0.25, 0.3) is 0 Å². The molecule has 0 amide bonds. The van der Waals surface area contributed by atoms with Gasteiger partial charge in [-0.25, -0.2) is 5.48 Å². The number of hydrogen-bond acceptors (Lipinski definition) is 3. The van der Waals surface area contributed by atoms with Gasteiger partial charge in [0.2, 0.25) is 0 Å². The second-order valence-corrected chi connectivity index (χ2v) is 4.65. The van der Waals surface area contributed by atoms with Crippen LogP contribution >= 0.6 is 0 Å². The molecule has 2 N–H and O–H groups in total. The summed E-state index contributed by atoms with van der Waals surface area (Å²) in [4.78, 5) is 5.35. The number of rotatable bonds is 14. The zero-order valence-electron chi connectivity index (χ0n) is 11.5. The van der Waals surface area contributed by atoms with Crippen molar-refractivity contribution in [3.8, 4) is 0 Å². The van der Waals surface area contributed by atoms with Gasteiger partial charge >= 0.3 is 0 Å². The molecule has 3 heteroatoms. The lowest BCUT2D eigenvalue weighted by Crippen LogP contribution is -2.16. The number of unbranched alkanes of at least 4 members (excludes halogenated alkanes) is 8. The average Bonchev–Trinajstić information content (AvgIpc) is 2.35. The lowest BCUT2D eigenvalue weighted by Gasteiger charge is -2.05. The molecule has 0 aliphatic heterocycles. The third-order valence-electron chi connectivity index (χ3n) is 2.89. The van der Waals surface area contributed by atoms with E-state index in [0.717, 1.165) is 32.4 Å². The summed E-state index contributed by atoms with van der Waals surface area (Å²) in [5, 5.41) is 8.60. The van der Waals surface area contributed by atoms with Gasteiger partial charge in [-0.15, -0.1) is 0 Å². The Kier molecular flexibility index (Phi) is 15.8. The topological polar surface area (TPSA) is 41.5 Å². The third kappa shape index (κ3) is 15.9. The Morgan fingerprint density at radius 1 is 0.824 bits per heavy atom. The largest absolute Gasteiger partial charge is 0.396 e. The van der Waals surface area contributed by atoms with E-state index in [4.69, 9.17) is 9.94 Å². The van der Waals surface area contributed by atoms with Crippen LogP contribution in [0.4, 0.5) is 0 Å². The van der Waals surface area contributed by atoms with Gasteiger partial charge in [-0.2, -0.15) is 0 Å². The lowest BCUT2D eigenvalue weighted by atomic mass is 10.1. The summed E-state index contributed by atoms with van der Waals surface area (Å²) in [5.74, 6) is 0. The van der Waals surface area contributed by atoms with Crippen LogP contribution in [-0.4, -0.2) is 24.9 Å². The first-order valence-electron chi connectivity index (χ1n) is 7.37. The van der Waals surface area contributed by atoms with Gasteiger partial charge < -0.3 is 9.94 Å². The molecule has 0 bridgehead atoms. The zero-order valence-corrected chi connectivity index (χ0v) is 11.5. The maximum Gasteiger partial charge on any atom is 0.0682 e. The van der Waals surface area contributed by atoms with Gasteiger partial charge in [0.05, 0.1) is 6.61 Å². The van der Waals surface area contributed by atoms with Crippen LogP contribution in [0.2, 0.25) is 0 Å². The molecule has 0 aromatic heterocycles. The second kappa shape index (κ2) is 15.9. The summed E-state index contributed by atoms with van der Waals surface area (Å²) >= 11 is 0. The highest BCUT2D eigenvalue weighted by Crippen LogP contribution is 2.04. The zero-order chi connectivity index (χ0) is 12.6. The highest BCUT2D eigenvalue weighted by molar-refractivity contribution is 4.44. The predicted molar refractivity (Wildman–Crippen MR) is 72.9 cm³/mol. The van der Waals surface area contributed by atoms with E-state index < -0.39 is 0 Å². The molecule has 0 saturated carbocycles. The fourth-order valence-corrected chi connectivity index (χ4v) is 1.76. The molecule has 0 aliphatic carbocycles. The van der Waals surface area contributed by atoms with E-state index in [0.29, 0.717) is 6.61 Å². The molecule has 0 heterocycles. The maximum atomic E-state index is 8.60. The highest BCUT2D eigenvalue weighted by atomic mass is 16.6. The molecular formula is C14H31NO2. The van der Waals surface area contributed by atoms with Gasteiger partial charge in [0.15, 0.2) is 0 Å². The monoisotopic (exact) mass is 245 g/mol. The third-order valence-corrected chi connectivity index (χ3v) is 2.89. The van der Waals surface area contributed by atoms with Crippen LogP contribution in [0.15, 0.2) is 0 Å². The Balaban J connectivity index is 2.85. The fourth-order valence-electron chi connectivity index (χ4n) is 1.76. The minimum absolute atomic E-state index is 0.321. The number of nitrogens with one attached hydrogen (secondary N) is 1. The van der Waals surface area contributed by atoms with Crippen molar-refractivity contribution in [2.24, 2.45) is 0 Å². The van der Waals surface area contributed by atoms with Crippen LogP contribution < -0.4 is 5.48 Å². The molecule has 0 rings (SSSR count). The minimum Gasteiger partial charge on any atom is -0.396 e. The van der Waals surface area contributed by atoms with Crippen molar-refractivity contribution in [3.05, 3.63) is 0 Å². The summed E-state index contributed by atoms with van der Waals surface area (Å²) in [6.07, 6.45) is 12.2. The number of aliphatic hydroxyl groups is 1. The molecule has 0 unspecified atom stereocenters. The SMILES string of the molecule is CCCCCCCCONCCCCCCO. The summed E-state index contributed by atoms with van der Waals surface area (Å²) in [7, 11) is 0. The molecule has 0 saturated heterocycles. The molecule has 17 heavy (non-hydrogen) atoms. The number of hydrogen-bond donors (Lipinski definition) is 2. The van der Waals surface area contributed by atoms with Crippen LogP contribution in [0, 0.1) is 0 Å². The van der Waals surface area contributed by atoms with E-state index in [1.54, 1.807) is 0 Å². The molecule has 3 nitrogen and oxygen atoms in total. The first kappa shape index (κ1) is 16.9. The summed E-state index contributed by atoms with van der Waals surface area (Å²) in [5.41, 5.74) is 3.00. The number of aliphatic hydroxyl groups excluding tert-OH is 1. The first-order chi connectivity index (χ1) is 8.41. The Morgan fingerprint density at radius 3 is 2.24 bits per heavy atom. The van der Waals surface area contributed by atoms with Gasteiger partial charge in [0.1, 0.15) is 0 Å². The molecule has 0 atom stereocenters. The van der Waals surface area contributed by atoms with E-state index in [-0.39, 0.29) is 0 Å². The van der Waals surface area contributed by atoms with Crippen molar-refractivity contribution in [2.75, 3.05) is 19.8 Å². The van der Waals surface area contributed by atoms with E-state index >= 15 is 0 Å². The Hall–Kier alpha value is -0.120. The van der Waals surface area contributed by atoms with E-state index in [1.807, 2.05) is 0 Å². The molecule has 0 aliphatic rings. The van der Waals surface area contributed by atoms with E-state index in [9.17, 15) is 0 Å². The summed E-state index contributed by atoms with van der Waals surface area (Å²) in [6.45, 7) is 4.33.